The van der Waals surface area contributed by atoms with Crippen LogP contribution in [-0.4, -0.2) is 43.3 Å². The van der Waals surface area contributed by atoms with Gasteiger partial charge in [-0.05, 0) is 50.1 Å². The summed E-state index contributed by atoms with van der Waals surface area (Å²) >= 11 is 5.88. The molecule has 0 radical (unpaired) electrons. The maximum atomic E-state index is 13.0. The number of hydrogen-bond donors (Lipinski definition) is 1. The monoisotopic (exact) mass is 409 g/mol. The molecule has 1 aromatic heterocycles. The summed E-state index contributed by atoms with van der Waals surface area (Å²) in [5, 5.41) is 3.05. The van der Waals surface area contributed by atoms with Crippen molar-refractivity contribution in [2.24, 2.45) is 0 Å². The van der Waals surface area contributed by atoms with Crippen molar-refractivity contribution >= 4 is 33.2 Å². The summed E-state index contributed by atoms with van der Waals surface area (Å²) in [5.74, 6) is -0.213. The number of sulfonamides is 1. The van der Waals surface area contributed by atoms with E-state index in [9.17, 15) is 13.2 Å². The summed E-state index contributed by atoms with van der Waals surface area (Å²) in [7, 11) is -3.70. The number of nitrogens with zero attached hydrogens (tertiary/aromatic N) is 2. The molecule has 0 aliphatic carbocycles. The Morgan fingerprint density at radius 1 is 1.26 bits per heavy atom. The number of carbonyl (C=O) groups excluding carboxylic acids is 1. The van der Waals surface area contributed by atoms with Gasteiger partial charge in [-0.3, -0.25) is 9.78 Å². The predicted molar refractivity (Wildman–Crippen MR) is 103 cm³/mol. The van der Waals surface area contributed by atoms with Gasteiger partial charge in [0.25, 0.3) is 5.91 Å². The molecule has 1 saturated heterocycles. The molecule has 3 rings (SSSR count). The summed E-state index contributed by atoms with van der Waals surface area (Å²) in [4.78, 5) is 16.4. The molecule has 1 aliphatic rings. The standard InChI is InChI=1S/C18H20ClN3O4S/c1-2-26-16-6-5-14(21-18(23)15-11-13(19)7-8-20-15)12-17(16)27(24,25)22-9-3-4-10-22/h5-8,11-12H,2-4,9-10H2,1H3,(H,21,23). The van der Waals surface area contributed by atoms with Gasteiger partial charge in [0.15, 0.2) is 0 Å². The molecule has 9 heteroatoms. The van der Waals surface area contributed by atoms with Crippen molar-refractivity contribution in [2.45, 2.75) is 24.7 Å². The highest BCUT2D eigenvalue weighted by atomic mass is 35.5. The second-order valence-electron chi connectivity index (χ2n) is 6.02. The van der Waals surface area contributed by atoms with Gasteiger partial charge in [0.2, 0.25) is 10.0 Å². The molecule has 0 spiro atoms. The third-order valence-electron chi connectivity index (χ3n) is 4.14. The third kappa shape index (κ3) is 4.40. The topological polar surface area (TPSA) is 88.6 Å². The lowest BCUT2D eigenvalue weighted by Gasteiger charge is -2.19. The van der Waals surface area contributed by atoms with Gasteiger partial charge in [0, 0.05) is 30.0 Å². The number of aromatic nitrogens is 1. The van der Waals surface area contributed by atoms with Gasteiger partial charge in [0.1, 0.15) is 16.3 Å². The molecular weight excluding hydrogens is 390 g/mol. The Kier molecular flexibility index (Phi) is 5.98. The zero-order valence-corrected chi connectivity index (χ0v) is 16.4. The Morgan fingerprint density at radius 3 is 2.67 bits per heavy atom. The number of benzene rings is 1. The molecule has 1 fully saturated rings. The van der Waals surface area contributed by atoms with E-state index in [0.29, 0.717) is 30.4 Å². The van der Waals surface area contributed by atoms with Gasteiger partial charge in [-0.25, -0.2) is 8.42 Å². The SMILES string of the molecule is CCOc1ccc(NC(=O)c2cc(Cl)ccn2)cc1S(=O)(=O)N1CCCC1. The first-order valence-electron chi connectivity index (χ1n) is 8.61. The average molecular weight is 410 g/mol. The lowest BCUT2D eigenvalue weighted by Crippen LogP contribution is -2.28. The van der Waals surface area contributed by atoms with Crippen LogP contribution in [0.2, 0.25) is 5.02 Å². The van der Waals surface area contributed by atoms with Crippen LogP contribution in [0.5, 0.6) is 5.75 Å². The van der Waals surface area contributed by atoms with Crippen LogP contribution >= 0.6 is 11.6 Å². The van der Waals surface area contributed by atoms with Gasteiger partial charge in [-0.15, -0.1) is 0 Å². The van der Waals surface area contributed by atoms with Crippen molar-refractivity contribution in [1.29, 1.82) is 0 Å². The van der Waals surface area contributed by atoms with Gasteiger partial charge in [-0.2, -0.15) is 4.31 Å². The van der Waals surface area contributed by atoms with Gasteiger partial charge in [0.05, 0.1) is 6.61 Å². The highest BCUT2D eigenvalue weighted by molar-refractivity contribution is 7.89. The first-order chi connectivity index (χ1) is 12.9. The second-order valence-corrected chi connectivity index (χ2v) is 8.36. The fourth-order valence-corrected chi connectivity index (χ4v) is 4.69. The van der Waals surface area contributed by atoms with E-state index in [1.54, 1.807) is 25.1 Å². The van der Waals surface area contributed by atoms with E-state index >= 15 is 0 Å². The fraction of sp³-hybridized carbons (Fsp3) is 0.333. The lowest BCUT2D eigenvalue weighted by molar-refractivity contribution is 0.102. The number of rotatable bonds is 6. The van der Waals surface area contributed by atoms with Crippen LogP contribution in [-0.2, 0) is 10.0 Å². The van der Waals surface area contributed by atoms with E-state index < -0.39 is 15.9 Å². The fourth-order valence-electron chi connectivity index (χ4n) is 2.85. The highest BCUT2D eigenvalue weighted by Crippen LogP contribution is 2.31. The minimum Gasteiger partial charge on any atom is -0.492 e. The third-order valence-corrected chi connectivity index (χ3v) is 6.29. The van der Waals surface area contributed by atoms with Crippen molar-refractivity contribution in [2.75, 3.05) is 25.0 Å². The molecular formula is C18H20ClN3O4S. The zero-order chi connectivity index (χ0) is 19.4. The average Bonchev–Trinajstić information content (AvgIpc) is 3.18. The van der Waals surface area contributed by atoms with Crippen LogP contribution in [0.25, 0.3) is 0 Å². The van der Waals surface area contributed by atoms with Crippen molar-refractivity contribution in [3.8, 4) is 5.75 Å². The molecule has 1 amide bonds. The maximum absolute atomic E-state index is 13.0. The highest BCUT2D eigenvalue weighted by Gasteiger charge is 2.30. The maximum Gasteiger partial charge on any atom is 0.274 e. The molecule has 0 bridgehead atoms. The molecule has 0 unspecified atom stereocenters. The van der Waals surface area contributed by atoms with Crippen LogP contribution in [0, 0.1) is 0 Å². The molecule has 1 aromatic carbocycles. The van der Waals surface area contributed by atoms with Crippen LogP contribution in [0.15, 0.2) is 41.4 Å². The minimum absolute atomic E-state index is 0.0445. The number of anilines is 1. The predicted octanol–water partition coefficient (Wildman–Crippen LogP) is 3.17. The quantitative estimate of drug-likeness (QED) is 0.791. The number of nitrogens with one attached hydrogen (secondary N) is 1. The molecule has 27 heavy (non-hydrogen) atoms. The summed E-state index contributed by atoms with van der Waals surface area (Å²) in [6.07, 6.45) is 3.10. The number of hydrogen-bond acceptors (Lipinski definition) is 5. The normalized spacial score (nSPS) is 14.9. The van der Waals surface area contributed by atoms with Crippen molar-refractivity contribution in [1.82, 2.24) is 9.29 Å². The molecule has 0 saturated carbocycles. The summed E-state index contributed by atoms with van der Waals surface area (Å²) in [6.45, 7) is 3.08. The number of amides is 1. The Bertz CT molecular complexity index is 943. The minimum atomic E-state index is -3.70. The van der Waals surface area contributed by atoms with Crippen molar-refractivity contribution in [3.05, 3.63) is 47.2 Å². The molecule has 2 aromatic rings. The molecule has 2 heterocycles. The van der Waals surface area contributed by atoms with Gasteiger partial charge >= 0.3 is 0 Å². The van der Waals surface area contributed by atoms with E-state index in [0.717, 1.165) is 12.8 Å². The number of pyridine rings is 1. The summed E-state index contributed by atoms with van der Waals surface area (Å²) in [6, 6.07) is 7.56. The zero-order valence-electron chi connectivity index (χ0n) is 14.8. The number of ether oxygens (including phenoxy) is 1. The van der Waals surface area contributed by atoms with E-state index in [1.807, 2.05) is 0 Å². The Morgan fingerprint density at radius 2 is 2.00 bits per heavy atom. The molecule has 1 N–H and O–H groups in total. The largest absolute Gasteiger partial charge is 0.492 e. The smallest absolute Gasteiger partial charge is 0.274 e. The molecule has 7 nitrogen and oxygen atoms in total. The van der Waals surface area contributed by atoms with Crippen LogP contribution in [0.4, 0.5) is 5.69 Å². The van der Waals surface area contributed by atoms with Gasteiger partial charge in [-0.1, -0.05) is 11.6 Å². The lowest BCUT2D eigenvalue weighted by atomic mass is 10.2. The van der Waals surface area contributed by atoms with Crippen LogP contribution in [0.3, 0.4) is 0 Å². The number of halogens is 1. The number of carbonyl (C=O) groups is 1. The summed E-state index contributed by atoms with van der Waals surface area (Å²) in [5.41, 5.74) is 0.475. The van der Waals surface area contributed by atoms with Crippen LogP contribution < -0.4 is 10.1 Å². The Labute approximate surface area is 163 Å². The van der Waals surface area contributed by atoms with E-state index in [-0.39, 0.29) is 16.3 Å². The van der Waals surface area contributed by atoms with E-state index in [2.05, 4.69) is 10.3 Å². The van der Waals surface area contributed by atoms with E-state index in [1.165, 1.54) is 22.6 Å². The van der Waals surface area contributed by atoms with Crippen LogP contribution in [0.1, 0.15) is 30.3 Å². The molecule has 1 aliphatic heterocycles. The molecule has 144 valence electrons. The molecule has 0 atom stereocenters. The summed E-state index contributed by atoms with van der Waals surface area (Å²) < 4.78 is 32.9. The van der Waals surface area contributed by atoms with E-state index in [4.69, 9.17) is 16.3 Å². The van der Waals surface area contributed by atoms with Gasteiger partial charge < -0.3 is 10.1 Å². The Balaban J connectivity index is 1.92. The van der Waals surface area contributed by atoms with Crippen molar-refractivity contribution < 1.29 is 17.9 Å². The van der Waals surface area contributed by atoms with Crippen molar-refractivity contribution in [3.63, 3.8) is 0 Å². The Hall–Kier alpha value is -2.16. The second kappa shape index (κ2) is 8.24. The first-order valence-corrected chi connectivity index (χ1v) is 10.4. The first kappa shape index (κ1) is 19.6.